The molecule has 11 heavy (non-hydrogen) atoms. The van der Waals surface area contributed by atoms with Crippen LogP contribution in [0.1, 0.15) is 10.5 Å². The van der Waals surface area contributed by atoms with E-state index in [1.807, 2.05) is 0 Å². The van der Waals surface area contributed by atoms with Crippen LogP contribution >= 0.6 is 0 Å². The van der Waals surface area contributed by atoms with Gasteiger partial charge in [-0.25, -0.2) is 4.98 Å². The van der Waals surface area contributed by atoms with E-state index < -0.39 is 12.0 Å². The number of aromatic nitrogens is 2. The van der Waals surface area contributed by atoms with E-state index in [0.717, 1.165) is 0 Å². The molecule has 6 heteroatoms. The minimum atomic E-state index is -1.05. The second-order valence-corrected chi connectivity index (χ2v) is 1.90. The highest BCUT2D eigenvalue weighted by Crippen LogP contribution is 2.17. The van der Waals surface area contributed by atoms with E-state index in [0.29, 0.717) is 0 Å². The smallest absolute Gasteiger partial charge is 0.314 e. The molecule has 0 atom stereocenters. The Kier molecular flexibility index (Phi) is 1.03. The molecule has 55 valence electrons. The average Bonchev–Trinajstić information content (AvgIpc) is 2.34. The van der Waals surface area contributed by atoms with Crippen molar-refractivity contribution >= 4 is 17.8 Å². The van der Waals surface area contributed by atoms with Gasteiger partial charge in [0.25, 0.3) is 0 Å². The van der Waals surface area contributed by atoms with E-state index in [9.17, 15) is 9.18 Å². The van der Waals surface area contributed by atoms with Crippen LogP contribution in [0.25, 0.3) is 0 Å². The van der Waals surface area contributed by atoms with E-state index in [4.69, 9.17) is 0 Å². The van der Waals surface area contributed by atoms with E-state index in [2.05, 4.69) is 20.3 Å². The fraction of sp³-hybridized carbons (Fsp3) is 0. The van der Waals surface area contributed by atoms with E-state index in [1.54, 1.807) is 0 Å². The molecule has 0 saturated heterocycles. The van der Waals surface area contributed by atoms with Crippen LogP contribution in [0.15, 0.2) is 11.3 Å². The van der Waals surface area contributed by atoms with Gasteiger partial charge in [-0.15, -0.1) is 0 Å². The maximum atomic E-state index is 12.3. The zero-order valence-corrected chi connectivity index (χ0v) is 5.21. The summed E-state index contributed by atoms with van der Waals surface area (Å²) in [7, 11) is 0. The number of nitrogens with zero attached hydrogens (tertiary/aromatic N) is 3. The van der Waals surface area contributed by atoms with Gasteiger partial charge in [-0.3, -0.25) is 4.79 Å². The van der Waals surface area contributed by atoms with Crippen LogP contribution in [0.4, 0.5) is 10.2 Å². The van der Waals surface area contributed by atoms with Crippen molar-refractivity contribution in [2.24, 2.45) is 4.99 Å². The molecular weight excluding hydrogens is 151 g/mol. The lowest BCUT2D eigenvalue weighted by Crippen LogP contribution is -2.23. The number of fused-ring (bicyclic) bond motifs is 1. The third kappa shape index (κ3) is 0.794. The zero-order valence-electron chi connectivity index (χ0n) is 5.21. The van der Waals surface area contributed by atoms with Gasteiger partial charge in [-0.2, -0.15) is 14.7 Å². The summed E-state index contributed by atoms with van der Waals surface area (Å²) in [5.74, 6) is -0.618. The van der Waals surface area contributed by atoms with Crippen molar-refractivity contribution in [2.75, 3.05) is 0 Å². The van der Waals surface area contributed by atoms with Crippen LogP contribution < -0.4 is 5.32 Å². The molecule has 0 aromatic carbocycles. The number of aromatic amines is 1. The molecule has 1 aliphatic heterocycles. The molecule has 0 saturated carbocycles. The monoisotopic (exact) mass is 153 g/mol. The summed E-state index contributed by atoms with van der Waals surface area (Å²) in [5, 5.41) is 2.97. The van der Waals surface area contributed by atoms with Crippen LogP contribution in [0, 0.1) is 0 Å². The molecule has 0 unspecified atom stereocenters. The Morgan fingerprint density at radius 1 is 1.55 bits per heavy atom. The van der Waals surface area contributed by atoms with Gasteiger partial charge in [0.05, 0.1) is 6.33 Å². The van der Waals surface area contributed by atoms with Crippen molar-refractivity contribution in [2.45, 2.75) is 0 Å². The molecule has 0 spiro atoms. The molecule has 2 rings (SSSR count). The number of imidazole rings is 1. The Morgan fingerprint density at radius 2 is 2.36 bits per heavy atom. The first kappa shape index (κ1) is 6.02. The van der Waals surface area contributed by atoms with Gasteiger partial charge < -0.3 is 4.98 Å². The van der Waals surface area contributed by atoms with E-state index >= 15 is 0 Å². The number of H-pyrrole nitrogens is 1. The molecule has 1 aromatic rings. The number of hydrogen-bond donors (Lipinski definition) is 1. The molecular formula is C5H2FN4O. The third-order valence-electron chi connectivity index (χ3n) is 1.23. The zero-order chi connectivity index (χ0) is 7.84. The standard InChI is InChI=1S/C5H2FN4O/c6-5-9-3-2(4(11)10-5)7-1-8-3/h1H,(H,7,8). The summed E-state index contributed by atoms with van der Waals surface area (Å²) < 4.78 is 12.3. The quantitative estimate of drug-likeness (QED) is 0.538. The molecule has 1 amide bonds. The lowest BCUT2D eigenvalue weighted by atomic mass is 10.4. The van der Waals surface area contributed by atoms with Crippen LogP contribution in [0.3, 0.4) is 0 Å². The van der Waals surface area contributed by atoms with Crippen molar-refractivity contribution in [3.8, 4) is 0 Å². The highest BCUT2D eigenvalue weighted by Gasteiger charge is 2.22. The van der Waals surface area contributed by atoms with Gasteiger partial charge in [-0.05, 0) is 0 Å². The number of amidine groups is 1. The molecule has 1 radical (unpaired) electrons. The fourth-order valence-electron chi connectivity index (χ4n) is 0.781. The predicted molar refractivity (Wildman–Crippen MR) is 33.3 cm³/mol. The minimum absolute atomic E-state index is 0.0579. The number of amides is 1. The Labute approximate surface area is 60.4 Å². The number of aliphatic imine (C=N–C) groups is 1. The number of carbonyl (C=O) groups is 1. The van der Waals surface area contributed by atoms with E-state index in [1.165, 1.54) is 6.33 Å². The maximum Gasteiger partial charge on any atom is 0.314 e. The Balaban J connectivity index is 2.60. The van der Waals surface area contributed by atoms with Crippen molar-refractivity contribution in [1.29, 1.82) is 0 Å². The van der Waals surface area contributed by atoms with Gasteiger partial charge in [-0.1, -0.05) is 0 Å². The van der Waals surface area contributed by atoms with Crippen LogP contribution in [-0.4, -0.2) is 22.0 Å². The van der Waals surface area contributed by atoms with Gasteiger partial charge >= 0.3 is 12.0 Å². The topological polar surface area (TPSA) is 72.2 Å². The summed E-state index contributed by atoms with van der Waals surface area (Å²) in [5.41, 5.74) is 0.131. The normalized spacial score (nSPS) is 15.4. The minimum Gasteiger partial charge on any atom is -0.339 e. The van der Waals surface area contributed by atoms with Crippen molar-refractivity contribution in [3.05, 3.63) is 12.0 Å². The first-order valence-corrected chi connectivity index (χ1v) is 2.81. The van der Waals surface area contributed by atoms with Crippen LogP contribution in [0.2, 0.25) is 0 Å². The summed E-state index contributed by atoms with van der Waals surface area (Å²) in [6.07, 6.45) is 0.217. The Bertz CT molecular complexity index is 342. The lowest BCUT2D eigenvalue weighted by Gasteiger charge is -2.01. The number of hydrogen-bond acceptors (Lipinski definition) is 3. The maximum absolute atomic E-state index is 12.3. The van der Waals surface area contributed by atoms with Gasteiger partial charge in [0.1, 0.15) is 0 Å². The first-order chi connectivity index (χ1) is 5.27. The molecule has 5 nitrogen and oxygen atoms in total. The Hall–Kier alpha value is -1.72. The summed E-state index contributed by atoms with van der Waals surface area (Å²) in [6, 6.07) is 0. The number of nitrogens with one attached hydrogen (secondary N) is 1. The average molecular weight is 153 g/mol. The Morgan fingerprint density at radius 3 is 3.18 bits per heavy atom. The fourth-order valence-corrected chi connectivity index (χ4v) is 0.781. The first-order valence-electron chi connectivity index (χ1n) is 2.81. The molecule has 1 N–H and O–H groups in total. The number of rotatable bonds is 0. The SMILES string of the molecule is O=C1[N]C(F)=Nc2nc[nH]c21. The third-order valence-corrected chi connectivity index (χ3v) is 1.23. The summed E-state index contributed by atoms with van der Waals surface area (Å²) in [4.78, 5) is 20.2. The van der Waals surface area contributed by atoms with Gasteiger partial charge in [0.2, 0.25) is 0 Å². The van der Waals surface area contributed by atoms with Gasteiger partial charge in [0.15, 0.2) is 11.5 Å². The van der Waals surface area contributed by atoms with Crippen molar-refractivity contribution < 1.29 is 9.18 Å². The highest BCUT2D eigenvalue weighted by molar-refractivity contribution is 6.08. The summed E-state index contributed by atoms with van der Waals surface area (Å²) >= 11 is 0. The summed E-state index contributed by atoms with van der Waals surface area (Å²) in [6.45, 7) is 0. The van der Waals surface area contributed by atoms with Crippen LogP contribution in [-0.2, 0) is 0 Å². The lowest BCUT2D eigenvalue weighted by molar-refractivity contribution is 0.0964. The molecule has 0 fully saturated rings. The molecule has 2 heterocycles. The van der Waals surface area contributed by atoms with Crippen molar-refractivity contribution in [1.82, 2.24) is 15.3 Å². The largest absolute Gasteiger partial charge is 0.339 e. The number of halogens is 1. The van der Waals surface area contributed by atoms with E-state index in [-0.39, 0.29) is 11.5 Å². The van der Waals surface area contributed by atoms with Crippen LogP contribution in [0.5, 0.6) is 0 Å². The highest BCUT2D eigenvalue weighted by atomic mass is 19.1. The second kappa shape index (κ2) is 1.88. The second-order valence-electron chi connectivity index (χ2n) is 1.90. The number of carbonyl (C=O) groups excluding carboxylic acids is 1. The van der Waals surface area contributed by atoms with Gasteiger partial charge in [0, 0.05) is 0 Å². The molecule has 1 aromatic heterocycles. The molecule has 1 aliphatic rings. The molecule has 0 aliphatic carbocycles. The predicted octanol–water partition coefficient (Wildman–Crippen LogP) is 0.125. The van der Waals surface area contributed by atoms with Crippen molar-refractivity contribution in [3.63, 3.8) is 0 Å². The molecule has 0 bridgehead atoms.